The molecule has 88 valence electrons. The van der Waals surface area contributed by atoms with E-state index in [-0.39, 0.29) is 6.04 Å². The Hall–Kier alpha value is -0.840. The molecule has 1 aromatic rings. The van der Waals surface area contributed by atoms with Gasteiger partial charge in [-0.1, -0.05) is 6.92 Å². The molecule has 0 aliphatic carbocycles. The maximum Gasteiger partial charge on any atom is 0.0876 e. The fourth-order valence-corrected chi connectivity index (χ4v) is 3.14. The van der Waals surface area contributed by atoms with Crippen LogP contribution in [0.15, 0.2) is 23.3 Å². The minimum atomic E-state index is 0.121. The Balaban J connectivity index is 2.24. The molecule has 16 heavy (non-hydrogen) atoms. The van der Waals surface area contributed by atoms with Crippen molar-refractivity contribution < 1.29 is 4.74 Å². The van der Waals surface area contributed by atoms with Crippen molar-refractivity contribution >= 4 is 11.3 Å². The molecule has 3 N–H and O–H groups in total. The molecule has 1 aliphatic heterocycles. The van der Waals surface area contributed by atoms with E-state index in [0.29, 0.717) is 0 Å². The maximum absolute atomic E-state index is 5.68. The van der Waals surface area contributed by atoms with E-state index in [4.69, 9.17) is 10.6 Å². The van der Waals surface area contributed by atoms with Crippen LogP contribution in [-0.2, 0) is 11.2 Å². The topological polar surface area (TPSA) is 47.3 Å². The van der Waals surface area contributed by atoms with Crippen molar-refractivity contribution in [2.75, 3.05) is 6.61 Å². The summed E-state index contributed by atoms with van der Waals surface area (Å²) in [7, 11) is 0. The Morgan fingerprint density at radius 3 is 3.12 bits per heavy atom. The van der Waals surface area contributed by atoms with Gasteiger partial charge in [0.05, 0.1) is 18.9 Å². The van der Waals surface area contributed by atoms with E-state index in [1.54, 1.807) is 11.3 Å². The van der Waals surface area contributed by atoms with Gasteiger partial charge >= 0.3 is 0 Å². The monoisotopic (exact) mass is 238 g/mol. The zero-order chi connectivity index (χ0) is 11.4. The standard InChI is InChI=1S/C12H18N2OS/c1-2-9-5-7-16-12(9)11(14-13)10-4-3-6-15-8-10/h5,7-8,11,14H,2-4,6,13H2,1H3. The lowest BCUT2D eigenvalue weighted by atomic mass is 9.98. The third-order valence-electron chi connectivity index (χ3n) is 2.92. The van der Waals surface area contributed by atoms with Crippen molar-refractivity contribution in [1.29, 1.82) is 0 Å². The molecular formula is C12H18N2OS. The highest BCUT2D eigenvalue weighted by Crippen LogP contribution is 2.32. The molecular weight excluding hydrogens is 220 g/mol. The first-order chi connectivity index (χ1) is 7.86. The molecule has 3 nitrogen and oxygen atoms in total. The van der Waals surface area contributed by atoms with Gasteiger partial charge in [-0.15, -0.1) is 11.3 Å². The van der Waals surface area contributed by atoms with Gasteiger partial charge in [-0.2, -0.15) is 0 Å². The molecule has 0 saturated carbocycles. The molecule has 0 amide bonds. The van der Waals surface area contributed by atoms with Crippen LogP contribution in [0.3, 0.4) is 0 Å². The molecule has 0 saturated heterocycles. The van der Waals surface area contributed by atoms with Crippen molar-refractivity contribution in [3.63, 3.8) is 0 Å². The molecule has 4 heteroatoms. The largest absolute Gasteiger partial charge is 0.501 e. The zero-order valence-corrected chi connectivity index (χ0v) is 10.3. The van der Waals surface area contributed by atoms with Crippen LogP contribution in [-0.4, -0.2) is 6.61 Å². The number of thiophene rings is 1. The summed E-state index contributed by atoms with van der Waals surface area (Å²) in [6, 6.07) is 2.30. The lowest BCUT2D eigenvalue weighted by molar-refractivity contribution is 0.219. The second kappa shape index (κ2) is 5.48. The molecule has 0 spiro atoms. The van der Waals surface area contributed by atoms with E-state index in [1.165, 1.54) is 16.0 Å². The molecule has 2 heterocycles. The highest BCUT2D eigenvalue weighted by Gasteiger charge is 2.21. The number of nitrogens with one attached hydrogen (secondary N) is 1. The van der Waals surface area contributed by atoms with Crippen LogP contribution in [0, 0.1) is 0 Å². The van der Waals surface area contributed by atoms with E-state index in [0.717, 1.165) is 25.9 Å². The van der Waals surface area contributed by atoms with Gasteiger partial charge in [0.1, 0.15) is 0 Å². The minimum Gasteiger partial charge on any atom is -0.501 e. The van der Waals surface area contributed by atoms with Crippen LogP contribution in [0.25, 0.3) is 0 Å². The summed E-state index contributed by atoms with van der Waals surface area (Å²) in [4.78, 5) is 1.32. The summed E-state index contributed by atoms with van der Waals surface area (Å²) >= 11 is 1.76. The van der Waals surface area contributed by atoms with Crippen LogP contribution in [0.4, 0.5) is 0 Å². The van der Waals surface area contributed by atoms with Gasteiger partial charge in [0.15, 0.2) is 0 Å². The second-order valence-corrected chi connectivity index (χ2v) is 4.88. The molecule has 1 unspecified atom stereocenters. The van der Waals surface area contributed by atoms with Gasteiger partial charge in [0.2, 0.25) is 0 Å². The summed E-state index contributed by atoms with van der Waals surface area (Å²) in [6.07, 6.45) is 5.06. The zero-order valence-electron chi connectivity index (χ0n) is 9.53. The maximum atomic E-state index is 5.68. The molecule has 2 rings (SSSR count). The number of hydrogen-bond acceptors (Lipinski definition) is 4. The van der Waals surface area contributed by atoms with Gasteiger partial charge in [0, 0.05) is 4.88 Å². The summed E-state index contributed by atoms with van der Waals surface area (Å²) in [6.45, 7) is 3.00. The summed E-state index contributed by atoms with van der Waals surface area (Å²) < 4.78 is 5.38. The summed E-state index contributed by atoms with van der Waals surface area (Å²) in [5.74, 6) is 5.68. The number of nitrogens with two attached hydrogens (primary N) is 1. The number of aryl methyl sites for hydroxylation is 1. The van der Waals surface area contributed by atoms with E-state index in [9.17, 15) is 0 Å². The van der Waals surface area contributed by atoms with Crippen molar-refractivity contribution in [3.8, 4) is 0 Å². The quantitative estimate of drug-likeness (QED) is 0.626. The first-order valence-corrected chi connectivity index (χ1v) is 6.57. The van der Waals surface area contributed by atoms with Crippen LogP contribution in [0.1, 0.15) is 36.2 Å². The minimum absolute atomic E-state index is 0.121. The predicted molar refractivity (Wildman–Crippen MR) is 67.0 cm³/mol. The average molecular weight is 238 g/mol. The average Bonchev–Trinajstić information content (AvgIpc) is 2.80. The van der Waals surface area contributed by atoms with Crippen molar-refractivity contribution in [2.24, 2.45) is 5.84 Å². The fourth-order valence-electron chi connectivity index (χ4n) is 2.04. The molecule has 0 fully saturated rings. The van der Waals surface area contributed by atoms with E-state index in [2.05, 4.69) is 23.8 Å². The lowest BCUT2D eigenvalue weighted by Crippen LogP contribution is -2.30. The Bertz CT molecular complexity index is 373. The summed E-state index contributed by atoms with van der Waals surface area (Å²) in [5.41, 5.74) is 5.54. The molecule has 0 radical (unpaired) electrons. The Morgan fingerprint density at radius 2 is 2.50 bits per heavy atom. The first-order valence-electron chi connectivity index (χ1n) is 5.69. The van der Waals surface area contributed by atoms with E-state index >= 15 is 0 Å². The fraction of sp³-hybridized carbons (Fsp3) is 0.500. The smallest absolute Gasteiger partial charge is 0.0876 e. The number of hydrazine groups is 1. The molecule has 1 aromatic heterocycles. The van der Waals surface area contributed by atoms with Gasteiger partial charge in [0.25, 0.3) is 0 Å². The predicted octanol–water partition coefficient (Wildman–Crippen LogP) is 2.51. The second-order valence-electron chi connectivity index (χ2n) is 3.93. The normalized spacial score (nSPS) is 17.8. The van der Waals surface area contributed by atoms with Crippen LogP contribution in [0.2, 0.25) is 0 Å². The Labute approximate surface area is 100 Å². The van der Waals surface area contributed by atoms with E-state index < -0.39 is 0 Å². The number of ether oxygens (including phenoxy) is 1. The van der Waals surface area contributed by atoms with Gasteiger partial charge in [-0.25, -0.2) is 5.43 Å². The van der Waals surface area contributed by atoms with Crippen LogP contribution < -0.4 is 11.3 Å². The number of hydrogen-bond donors (Lipinski definition) is 2. The first kappa shape index (κ1) is 11.6. The molecule has 0 aromatic carbocycles. The van der Waals surface area contributed by atoms with Gasteiger partial charge < -0.3 is 4.74 Å². The Morgan fingerprint density at radius 1 is 1.62 bits per heavy atom. The van der Waals surface area contributed by atoms with Crippen LogP contribution >= 0.6 is 11.3 Å². The number of rotatable bonds is 4. The lowest BCUT2D eigenvalue weighted by Gasteiger charge is -2.22. The molecule has 1 atom stereocenters. The third-order valence-corrected chi connectivity index (χ3v) is 3.95. The van der Waals surface area contributed by atoms with Crippen molar-refractivity contribution in [1.82, 2.24) is 5.43 Å². The highest BCUT2D eigenvalue weighted by atomic mass is 32.1. The SMILES string of the molecule is CCc1ccsc1C(NN)C1=COCCC1. The van der Waals surface area contributed by atoms with Crippen LogP contribution in [0.5, 0.6) is 0 Å². The molecule has 0 bridgehead atoms. The Kier molecular flexibility index (Phi) is 3.98. The van der Waals surface area contributed by atoms with Gasteiger partial charge in [-0.05, 0) is 41.8 Å². The van der Waals surface area contributed by atoms with Crippen molar-refractivity contribution in [2.45, 2.75) is 32.2 Å². The third kappa shape index (κ3) is 2.29. The van der Waals surface area contributed by atoms with E-state index in [1.807, 2.05) is 6.26 Å². The highest BCUT2D eigenvalue weighted by molar-refractivity contribution is 7.10. The summed E-state index contributed by atoms with van der Waals surface area (Å²) in [5, 5.41) is 2.13. The van der Waals surface area contributed by atoms with Crippen molar-refractivity contribution in [3.05, 3.63) is 33.7 Å². The molecule has 1 aliphatic rings. The van der Waals surface area contributed by atoms with Gasteiger partial charge in [-0.3, -0.25) is 5.84 Å².